The largest absolute Gasteiger partial charge is 0.487 e. The molecule has 2 aromatic rings. The molecule has 2 aromatic carbocycles. The second-order valence-corrected chi connectivity index (χ2v) is 7.19. The first-order valence-electron chi connectivity index (χ1n) is 8.28. The molecule has 128 valence electrons. The zero-order chi connectivity index (χ0) is 17.9. The minimum Gasteiger partial charge on any atom is -0.487 e. The van der Waals surface area contributed by atoms with E-state index in [1.807, 2.05) is 42.5 Å². The predicted octanol–water partition coefficient (Wildman–Crippen LogP) is 4.34. The Morgan fingerprint density at radius 3 is 2.68 bits per heavy atom. The van der Waals surface area contributed by atoms with Crippen LogP contribution in [-0.4, -0.2) is 10.7 Å². The van der Waals surface area contributed by atoms with Crippen LogP contribution in [0.4, 0.5) is 5.69 Å². The maximum Gasteiger partial charge on any atom is 0.171 e. The summed E-state index contributed by atoms with van der Waals surface area (Å²) in [4.78, 5) is 0. The number of benzene rings is 2. The molecule has 5 heteroatoms. The van der Waals surface area contributed by atoms with E-state index in [1.165, 1.54) is 0 Å². The lowest BCUT2D eigenvalue weighted by molar-refractivity contribution is 0.0697. The van der Waals surface area contributed by atoms with Gasteiger partial charge in [0.15, 0.2) is 5.11 Å². The van der Waals surface area contributed by atoms with Gasteiger partial charge in [0.25, 0.3) is 0 Å². The van der Waals surface area contributed by atoms with Crippen LogP contribution in [0.2, 0.25) is 0 Å². The van der Waals surface area contributed by atoms with Crippen LogP contribution in [0.25, 0.3) is 0 Å². The zero-order valence-electron chi connectivity index (χ0n) is 14.4. The summed E-state index contributed by atoms with van der Waals surface area (Å²) in [6.45, 7) is 4.17. The van der Waals surface area contributed by atoms with Gasteiger partial charge in [-0.25, -0.2) is 0 Å². The van der Waals surface area contributed by atoms with E-state index in [0.717, 1.165) is 29.0 Å². The highest BCUT2D eigenvalue weighted by atomic mass is 32.1. The maximum atomic E-state index is 8.73. The average Bonchev–Trinajstić information content (AvgIpc) is 2.56. The van der Waals surface area contributed by atoms with Gasteiger partial charge in [-0.05, 0) is 49.8 Å². The summed E-state index contributed by atoms with van der Waals surface area (Å²) in [5.74, 6) is 0.903. The van der Waals surface area contributed by atoms with Crippen LogP contribution in [0.15, 0.2) is 48.5 Å². The zero-order valence-corrected chi connectivity index (χ0v) is 15.2. The highest BCUT2D eigenvalue weighted by molar-refractivity contribution is 7.80. The Morgan fingerprint density at radius 1 is 1.24 bits per heavy atom. The molecule has 1 aliphatic rings. The van der Waals surface area contributed by atoms with E-state index in [2.05, 4.69) is 36.6 Å². The van der Waals surface area contributed by atoms with Crippen molar-refractivity contribution in [3.8, 4) is 11.8 Å². The number of hydrogen-bond donors (Lipinski definition) is 2. The number of fused-ring (bicyclic) bond motifs is 1. The van der Waals surface area contributed by atoms with Crippen LogP contribution >= 0.6 is 12.2 Å². The summed E-state index contributed by atoms with van der Waals surface area (Å²) in [6.07, 6.45) is 1.24. The smallest absolute Gasteiger partial charge is 0.171 e. The molecule has 0 saturated carbocycles. The first-order chi connectivity index (χ1) is 12.0. The van der Waals surface area contributed by atoms with Crippen molar-refractivity contribution >= 4 is 23.0 Å². The van der Waals surface area contributed by atoms with Gasteiger partial charge in [-0.3, -0.25) is 0 Å². The molecule has 0 aromatic heterocycles. The molecule has 0 saturated heterocycles. The normalized spacial score (nSPS) is 17.6. The van der Waals surface area contributed by atoms with Crippen molar-refractivity contribution in [2.45, 2.75) is 38.3 Å². The number of nitrogens with one attached hydrogen (secondary N) is 2. The molecule has 0 amide bonds. The van der Waals surface area contributed by atoms with Gasteiger partial charge in [0, 0.05) is 17.7 Å². The van der Waals surface area contributed by atoms with E-state index in [9.17, 15) is 0 Å². The summed E-state index contributed by atoms with van der Waals surface area (Å²) in [6, 6.07) is 18.0. The Balaban J connectivity index is 1.69. The van der Waals surface area contributed by atoms with E-state index in [1.54, 1.807) is 0 Å². The lowest BCUT2D eigenvalue weighted by Crippen LogP contribution is -2.42. The molecule has 0 fully saturated rings. The highest BCUT2D eigenvalue weighted by Crippen LogP contribution is 2.39. The molecular weight excluding hydrogens is 330 g/mol. The molecule has 0 radical (unpaired) electrons. The van der Waals surface area contributed by atoms with Crippen LogP contribution in [0, 0.1) is 11.3 Å². The van der Waals surface area contributed by atoms with Gasteiger partial charge in [0.2, 0.25) is 0 Å². The van der Waals surface area contributed by atoms with E-state index in [-0.39, 0.29) is 11.6 Å². The van der Waals surface area contributed by atoms with E-state index in [4.69, 9.17) is 22.2 Å². The van der Waals surface area contributed by atoms with Gasteiger partial charge >= 0.3 is 0 Å². The molecule has 1 heterocycles. The minimum atomic E-state index is -0.249. The summed E-state index contributed by atoms with van der Waals surface area (Å²) < 4.78 is 6.06. The Kier molecular flexibility index (Phi) is 4.91. The van der Waals surface area contributed by atoms with Crippen LogP contribution in [0.1, 0.15) is 37.4 Å². The SMILES string of the molecule is CC1(C)C[C@@H](NC(=S)Nc2ccc(CC#N)cc2)c2ccccc2O1. The van der Waals surface area contributed by atoms with Gasteiger partial charge in [-0.2, -0.15) is 5.26 Å². The molecular formula is C20H21N3OS. The molecule has 0 unspecified atom stereocenters. The van der Waals surface area contributed by atoms with Crippen molar-refractivity contribution in [1.29, 1.82) is 5.26 Å². The number of thiocarbonyl (C=S) groups is 1. The van der Waals surface area contributed by atoms with Gasteiger partial charge in [0.05, 0.1) is 18.5 Å². The van der Waals surface area contributed by atoms with E-state index >= 15 is 0 Å². The Hall–Kier alpha value is -2.58. The summed E-state index contributed by atoms with van der Waals surface area (Å²) in [5.41, 5.74) is 2.77. The number of hydrogen-bond acceptors (Lipinski definition) is 3. The third-order valence-corrected chi connectivity index (χ3v) is 4.40. The lowest BCUT2D eigenvalue weighted by atomic mass is 9.90. The molecule has 4 nitrogen and oxygen atoms in total. The van der Waals surface area contributed by atoms with Crippen molar-refractivity contribution < 1.29 is 4.74 Å². The van der Waals surface area contributed by atoms with E-state index in [0.29, 0.717) is 11.5 Å². The Labute approximate surface area is 153 Å². The first-order valence-corrected chi connectivity index (χ1v) is 8.69. The molecule has 3 rings (SSSR count). The third-order valence-electron chi connectivity index (χ3n) is 4.18. The molecule has 25 heavy (non-hydrogen) atoms. The molecule has 1 atom stereocenters. The molecule has 0 spiro atoms. The van der Waals surface area contributed by atoms with Gasteiger partial charge in [0.1, 0.15) is 11.4 Å². The number of nitriles is 1. The summed E-state index contributed by atoms with van der Waals surface area (Å²) >= 11 is 5.49. The molecule has 0 aliphatic carbocycles. The van der Waals surface area contributed by atoms with E-state index < -0.39 is 0 Å². The number of anilines is 1. The van der Waals surface area contributed by atoms with Crippen molar-refractivity contribution in [1.82, 2.24) is 5.32 Å². The fraction of sp³-hybridized carbons (Fsp3) is 0.300. The standard InChI is InChI=1S/C20H21N3OS/c1-20(2)13-17(16-5-3-4-6-18(16)24-20)23-19(25)22-15-9-7-14(8-10-15)11-12-21/h3-10,17H,11,13H2,1-2H3,(H2,22,23,25)/t17-/m1/s1. The second-order valence-electron chi connectivity index (χ2n) is 6.79. The monoisotopic (exact) mass is 351 g/mol. The molecule has 0 bridgehead atoms. The van der Waals surface area contributed by atoms with Gasteiger partial charge in [-0.1, -0.05) is 30.3 Å². The second kappa shape index (κ2) is 7.12. The Bertz CT molecular complexity index is 808. The van der Waals surface area contributed by atoms with Crippen molar-refractivity contribution in [2.24, 2.45) is 0 Å². The molecule has 2 N–H and O–H groups in total. The third kappa shape index (κ3) is 4.28. The first kappa shape index (κ1) is 17.2. The van der Waals surface area contributed by atoms with Crippen LogP contribution in [-0.2, 0) is 6.42 Å². The predicted molar refractivity (Wildman–Crippen MR) is 104 cm³/mol. The number of ether oxygens (including phenoxy) is 1. The average molecular weight is 351 g/mol. The van der Waals surface area contributed by atoms with Gasteiger partial charge < -0.3 is 15.4 Å². The summed E-state index contributed by atoms with van der Waals surface area (Å²) in [7, 11) is 0. The number of nitrogens with zero attached hydrogens (tertiary/aromatic N) is 1. The lowest BCUT2D eigenvalue weighted by Gasteiger charge is -2.38. The highest BCUT2D eigenvalue weighted by Gasteiger charge is 2.33. The van der Waals surface area contributed by atoms with Crippen molar-refractivity contribution in [3.63, 3.8) is 0 Å². The van der Waals surface area contributed by atoms with Crippen LogP contribution < -0.4 is 15.4 Å². The summed E-state index contributed by atoms with van der Waals surface area (Å²) in [5, 5.41) is 15.9. The number of para-hydroxylation sites is 1. The van der Waals surface area contributed by atoms with Crippen molar-refractivity contribution in [3.05, 3.63) is 59.7 Å². The van der Waals surface area contributed by atoms with Gasteiger partial charge in [-0.15, -0.1) is 0 Å². The maximum absolute atomic E-state index is 8.73. The number of rotatable bonds is 3. The molecule has 1 aliphatic heterocycles. The Morgan fingerprint density at radius 2 is 1.96 bits per heavy atom. The minimum absolute atomic E-state index is 0.0952. The fourth-order valence-electron chi connectivity index (χ4n) is 3.05. The topological polar surface area (TPSA) is 57.1 Å². The van der Waals surface area contributed by atoms with Crippen molar-refractivity contribution in [2.75, 3.05) is 5.32 Å². The van der Waals surface area contributed by atoms with Crippen LogP contribution in [0.3, 0.4) is 0 Å². The fourth-order valence-corrected chi connectivity index (χ4v) is 3.31. The quantitative estimate of drug-likeness (QED) is 0.806. The van der Waals surface area contributed by atoms with Crippen LogP contribution in [0.5, 0.6) is 5.75 Å².